The fraction of sp³-hybridized carbons (Fsp3) is 0.556. The first-order valence-corrected chi connectivity index (χ1v) is 13.2. The molecular weight excluding hydrogens is 525 g/mol. The Balaban J connectivity index is 0.00000200. The molecule has 1 saturated heterocycles. The number of hydrogen-bond acceptors (Lipinski definition) is 7. The number of carbonyl (C=O) groups excluding carboxylic acids is 1. The number of benzene rings is 1. The summed E-state index contributed by atoms with van der Waals surface area (Å²) in [5.74, 6) is 2.76. The molecular formula is C27H39Cl2N7O2. The SMILES string of the molecule is CCOc1cccc(Cn2ncc3c(N4CCN(C(=O)[C@H]5CC[C@H](C(C)N)CC5)CC4)ncnc32)c1.Cl.Cl. The second kappa shape index (κ2) is 13.4. The van der Waals surface area contributed by atoms with Gasteiger partial charge in [-0.05, 0) is 63.1 Å². The van der Waals surface area contributed by atoms with Crippen molar-refractivity contribution in [1.82, 2.24) is 24.6 Å². The molecule has 0 radical (unpaired) electrons. The van der Waals surface area contributed by atoms with Crippen molar-refractivity contribution in [2.75, 3.05) is 37.7 Å². The Morgan fingerprint density at radius 3 is 2.53 bits per heavy atom. The van der Waals surface area contributed by atoms with Gasteiger partial charge in [0.05, 0.1) is 24.7 Å². The number of nitrogens with two attached hydrogens (primary N) is 1. The Hall–Kier alpha value is -2.62. The molecule has 1 aromatic carbocycles. The molecule has 3 heterocycles. The van der Waals surface area contributed by atoms with E-state index in [9.17, 15) is 4.79 Å². The monoisotopic (exact) mass is 563 g/mol. The Morgan fingerprint density at radius 2 is 1.84 bits per heavy atom. The van der Waals surface area contributed by atoms with E-state index in [2.05, 4.69) is 33.0 Å². The van der Waals surface area contributed by atoms with Gasteiger partial charge in [0.25, 0.3) is 0 Å². The molecule has 1 aliphatic carbocycles. The average molecular weight is 565 g/mol. The molecule has 0 spiro atoms. The molecule has 9 nitrogen and oxygen atoms in total. The third-order valence-corrected chi connectivity index (χ3v) is 7.71. The first-order valence-electron chi connectivity index (χ1n) is 13.2. The van der Waals surface area contributed by atoms with Crippen LogP contribution in [0, 0.1) is 11.8 Å². The van der Waals surface area contributed by atoms with E-state index < -0.39 is 0 Å². The highest BCUT2D eigenvalue weighted by atomic mass is 35.5. The Kier molecular flexibility index (Phi) is 10.6. The number of halogens is 2. The van der Waals surface area contributed by atoms with E-state index in [-0.39, 0.29) is 36.8 Å². The Morgan fingerprint density at radius 1 is 1.11 bits per heavy atom. The highest BCUT2D eigenvalue weighted by Crippen LogP contribution is 2.32. The molecule has 5 rings (SSSR count). The number of hydrogen-bond donors (Lipinski definition) is 1. The number of piperazine rings is 1. The molecule has 208 valence electrons. The second-order valence-electron chi connectivity index (χ2n) is 10.1. The van der Waals surface area contributed by atoms with E-state index in [1.807, 2.05) is 40.9 Å². The summed E-state index contributed by atoms with van der Waals surface area (Å²) in [5, 5.41) is 5.56. The lowest BCUT2D eigenvalue weighted by atomic mass is 9.78. The number of aromatic nitrogens is 4. The van der Waals surface area contributed by atoms with Gasteiger partial charge in [0.1, 0.15) is 17.9 Å². The van der Waals surface area contributed by atoms with Gasteiger partial charge in [0.2, 0.25) is 5.91 Å². The zero-order valence-electron chi connectivity index (χ0n) is 22.2. The van der Waals surface area contributed by atoms with E-state index in [4.69, 9.17) is 10.5 Å². The van der Waals surface area contributed by atoms with E-state index in [0.29, 0.717) is 25.0 Å². The summed E-state index contributed by atoms with van der Waals surface area (Å²) in [5.41, 5.74) is 7.99. The van der Waals surface area contributed by atoms with Crippen LogP contribution >= 0.6 is 24.8 Å². The lowest BCUT2D eigenvalue weighted by Crippen LogP contribution is -2.51. The topological polar surface area (TPSA) is 102 Å². The lowest BCUT2D eigenvalue weighted by Gasteiger charge is -2.38. The van der Waals surface area contributed by atoms with Crippen LogP contribution in [0.4, 0.5) is 5.82 Å². The molecule has 38 heavy (non-hydrogen) atoms. The first-order chi connectivity index (χ1) is 17.5. The van der Waals surface area contributed by atoms with Gasteiger partial charge in [0, 0.05) is 38.1 Å². The minimum Gasteiger partial charge on any atom is -0.494 e. The maximum atomic E-state index is 13.2. The molecule has 2 aliphatic rings. The summed E-state index contributed by atoms with van der Waals surface area (Å²) in [6.45, 7) is 8.26. The molecule has 11 heteroatoms. The van der Waals surface area contributed by atoms with Gasteiger partial charge in [-0.15, -0.1) is 24.8 Å². The normalized spacial score (nSPS) is 20.4. The van der Waals surface area contributed by atoms with Crippen LogP contribution in [0.5, 0.6) is 5.75 Å². The average Bonchev–Trinajstić information content (AvgIpc) is 3.31. The number of anilines is 1. The fourth-order valence-corrected chi connectivity index (χ4v) is 5.61. The molecule has 0 bridgehead atoms. The van der Waals surface area contributed by atoms with Crippen LogP contribution < -0.4 is 15.4 Å². The largest absolute Gasteiger partial charge is 0.494 e. The van der Waals surface area contributed by atoms with E-state index in [1.54, 1.807) is 6.33 Å². The van der Waals surface area contributed by atoms with Gasteiger partial charge in [-0.25, -0.2) is 14.6 Å². The summed E-state index contributed by atoms with van der Waals surface area (Å²) in [6.07, 6.45) is 7.51. The van der Waals surface area contributed by atoms with E-state index in [0.717, 1.165) is 80.0 Å². The fourth-order valence-electron chi connectivity index (χ4n) is 5.61. The predicted octanol–water partition coefficient (Wildman–Crippen LogP) is 3.92. The number of ether oxygens (including phenoxy) is 1. The summed E-state index contributed by atoms with van der Waals surface area (Å²) in [4.78, 5) is 26.6. The smallest absolute Gasteiger partial charge is 0.225 e. The predicted molar refractivity (Wildman–Crippen MR) is 154 cm³/mol. The molecule has 2 aromatic heterocycles. The van der Waals surface area contributed by atoms with Crippen molar-refractivity contribution in [3.05, 3.63) is 42.4 Å². The summed E-state index contributed by atoms with van der Waals surface area (Å²) in [7, 11) is 0. The van der Waals surface area contributed by atoms with Gasteiger partial charge in [-0.3, -0.25) is 4.79 Å². The van der Waals surface area contributed by atoms with Crippen LogP contribution in [0.1, 0.15) is 45.1 Å². The zero-order chi connectivity index (χ0) is 25.1. The van der Waals surface area contributed by atoms with Crippen LogP contribution in [-0.4, -0.2) is 69.4 Å². The van der Waals surface area contributed by atoms with Gasteiger partial charge in [0.15, 0.2) is 5.65 Å². The molecule has 1 amide bonds. The first kappa shape index (κ1) is 29.9. The molecule has 1 aliphatic heterocycles. The van der Waals surface area contributed by atoms with Crippen LogP contribution in [0.15, 0.2) is 36.8 Å². The second-order valence-corrected chi connectivity index (χ2v) is 10.1. The van der Waals surface area contributed by atoms with Crippen molar-refractivity contribution in [2.45, 2.75) is 52.1 Å². The standard InChI is InChI=1S/C27H37N7O2.2ClH/c1-3-36-23-6-4-5-20(15-23)17-34-26-24(16-31-34)25(29-18-30-26)32-11-13-33(14-12-32)27(35)22-9-7-21(8-10-22)19(2)28;;/h4-6,15-16,18-19,21-22H,3,7-14,17,28H2,1-2H3;2*1H/t19?,21-,22-;;. The maximum Gasteiger partial charge on any atom is 0.225 e. The lowest BCUT2D eigenvalue weighted by molar-refractivity contribution is -0.137. The van der Waals surface area contributed by atoms with Crippen molar-refractivity contribution in [2.24, 2.45) is 17.6 Å². The van der Waals surface area contributed by atoms with Crippen molar-refractivity contribution in [3.8, 4) is 5.75 Å². The van der Waals surface area contributed by atoms with Gasteiger partial charge in [-0.2, -0.15) is 5.10 Å². The van der Waals surface area contributed by atoms with Crippen molar-refractivity contribution in [1.29, 1.82) is 0 Å². The molecule has 1 atom stereocenters. The van der Waals surface area contributed by atoms with Crippen LogP contribution in [-0.2, 0) is 11.3 Å². The molecule has 2 fully saturated rings. The Labute approximate surface area is 236 Å². The minimum absolute atomic E-state index is 0. The van der Waals surface area contributed by atoms with E-state index >= 15 is 0 Å². The van der Waals surface area contributed by atoms with Crippen molar-refractivity contribution >= 4 is 47.6 Å². The summed E-state index contributed by atoms with van der Waals surface area (Å²) in [6, 6.07) is 8.29. The third-order valence-electron chi connectivity index (χ3n) is 7.71. The van der Waals surface area contributed by atoms with E-state index in [1.165, 1.54) is 0 Å². The molecule has 2 N–H and O–H groups in total. The number of rotatable bonds is 7. The third kappa shape index (κ3) is 6.50. The molecule has 1 saturated carbocycles. The van der Waals surface area contributed by atoms with Gasteiger partial charge >= 0.3 is 0 Å². The van der Waals surface area contributed by atoms with Crippen LogP contribution in [0.2, 0.25) is 0 Å². The minimum atomic E-state index is 0. The van der Waals surface area contributed by atoms with Crippen LogP contribution in [0.25, 0.3) is 11.0 Å². The summed E-state index contributed by atoms with van der Waals surface area (Å²) < 4.78 is 7.54. The Bertz CT molecular complexity index is 1190. The molecule has 1 unspecified atom stereocenters. The van der Waals surface area contributed by atoms with Crippen LogP contribution in [0.3, 0.4) is 0 Å². The van der Waals surface area contributed by atoms with Gasteiger partial charge in [-0.1, -0.05) is 12.1 Å². The zero-order valence-corrected chi connectivity index (χ0v) is 23.8. The number of amides is 1. The number of carbonyl (C=O) groups is 1. The number of nitrogens with zero attached hydrogens (tertiary/aromatic N) is 6. The van der Waals surface area contributed by atoms with Crippen molar-refractivity contribution < 1.29 is 9.53 Å². The number of fused-ring (bicyclic) bond motifs is 1. The quantitative estimate of drug-likeness (QED) is 0.464. The highest BCUT2D eigenvalue weighted by molar-refractivity contribution is 5.87. The highest BCUT2D eigenvalue weighted by Gasteiger charge is 2.32. The summed E-state index contributed by atoms with van der Waals surface area (Å²) >= 11 is 0. The maximum absolute atomic E-state index is 13.2. The van der Waals surface area contributed by atoms with Gasteiger partial charge < -0.3 is 20.3 Å². The van der Waals surface area contributed by atoms with Crippen molar-refractivity contribution in [3.63, 3.8) is 0 Å². The molecule has 3 aromatic rings.